The van der Waals surface area contributed by atoms with Gasteiger partial charge in [0.15, 0.2) is 0 Å². The molecule has 3 saturated carbocycles. The molecule has 4 aliphatic rings. The molecular formula is C21H31BrO2. The third kappa shape index (κ3) is 2.61. The van der Waals surface area contributed by atoms with Crippen LogP contribution in [0.1, 0.15) is 71.6 Å². The first-order valence-electron chi connectivity index (χ1n) is 9.91. The van der Waals surface area contributed by atoms with E-state index in [4.69, 9.17) is 4.74 Å². The van der Waals surface area contributed by atoms with Crippen LogP contribution in [-0.2, 0) is 9.53 Å². The van der Waals surface area contributed by atoms with Gasteiger partial charge in [0.2, 0.25) is 0 Å². The van der Waals surface area contributed by atoms with Crippen LogP contribution >= 0.6 is 15.9 Å². The number of carbonyl (C=O) groups is 1. The Kier molecular flexibility index (Phi) is 4.38. The summed E-state index contributed by atoms with van der Waals surface area (Å²) >= 11 is 3.21. The molecule has 0 aromatic rings. The lowest BCUT2D eigenvalue weighted by Gasteiger charge is -2.57. The van der Waals surface area contributed by atoms with Gasteiger partial charge in [-0.15, -0.1) is 0 Å². The van der Waals surface area contributed by atoms with E-state index < -0.39 is 0 Å². The summed E-state index contributed by atoms with van der Waals surface area (Å²) in [4.78, 5) is 11.6. The smallest absolute Gasteiger partial charge is 0.316 e. The first-order valence-corrected chi connectivity index (χ1v) is 11.0. The number of halogens is 1. The summed E-state index contributed by atoms with van der Waals surface area (Å²) < 4.78 is 5.63. The third-order valence-electron chi connectivity index (χ3n) is 8.25. The van der Waals surface area contributed by atoms with Crippen LogP contribution in [0.4, 0.5) is 0 Å². The lowest BCUT2D eigenvalue weighted by atomic mass is 9.48. The molecule has 0 aliphatic heterocycles. The average Bonchev–Trinajstić information content (AvgIpc) is 2.97. The summed E-state index contributed by atoms with van der Waals surface area (Å²) in [6.45, 7) is 5.09. The zero-order chi connectivity index (χ0) is 16.9. The fraction of sp³-hybridized carbons (Fsp3) is 0.857. The lowest BCUT2D eigenvalue weighted by molar-refractivity contribution is -0.148. The highest BCUT2D eigenvalue weighted by atomic mass is 79.9. The quantitative estimate of drug-likeness (QED) is 0.343. The van der Waals surface area contributed by atoms with E-state index in [0.29, 0.717) is 16.2 Å². The monoisotopic (exact) mass is 394 g/mol. The molecule has 0 unspecified atom stereocenters. The van der Waals surface area contributed by atoms with Crippen molar-refractivity contribution in [2.45, 2.75) is 77.7 Å². The molecule has 3 heteroatoms. The van der Waals surface area contributed by atoms with E-state index >= 15 is 0 Å². The number of alkyl halides is 1. The van der Waals surface area contributed by atoms with Gasteiger partial charge < -0.3 is 4.74 Å². The van der Waals surface area contributed by atoms with Gasteiger partial charge in [0, 0.05) is 6.42 Å². The second-order valence-corrected chi connectivity index (χ2v) is 9.89. The topological polar surface area (TPSA) is 26.3 Å². The van der Waals surface area contributed by atoms with E-state index in [1.54, 1.807) is 5.57 Å². The molecule has 134 valence electrons. The molecule has 0 bridgehead atoms. The number of hydrogen-bond donors (Lipinski definition) is 0. The van der Waals surface area contributed by atoms with E-state index in [0.717, 1.165) is 30.6 Å². The zero-order valence-electron chi connectivity index (χ0n) is 15.2. The number of fused-ring (bicyclic) bond motifs is 5. The third-order valence-corrected chi connectivity index (χ3v) is 8.70. The molecule has 6 atom stereocenters. The van der Waals surface area contributed by atoms with Crippen molar-refractivity contribution in [3.8, 4) is 0 Å². The molecule has 4 aliphatic carbocycles. The first kappa shape index (κ1) is 17.1. The lowest BCUT2D eigenvalue weighted by Crippen LogP contribution is -2.49. The van der Waals surface area contributed by atoms with Crippen molar-refractivity contribution in [1.82, 2.24) is 0 Å². The largest absolute Gasteiger partial charge is 0.461 e. The molecule has 4 rings (SSSR count). The fourth-order valence-electron chi connectivity index (χ4n) is 6.94. The molecule has 0 aromatic carbocycles. The van der Waals surface area contributed by atoms with Gasteiger partial charge >= 0.3 is 5.97 Å². The Hall–Kier alpha value is -0.310. The number of allylic oxidation sites excluding steroid dienone is 1. The molecule has 3 fully saturated rings. The molecular weight excluding hydrogens is 364 g/mol. The summed E-state index contributed by atoms with van der Waals surface area (Å²) in [6, 6.07) is 0. The maximum Gasteiger partial charge on any atom is 0.316 e. The van der Waals surface area contributed by atoms with Crippen LogP contribution in [-0.4, -0.2) is 17.4 Å². The highest BCUT2D eigenvalue weighted by Crippen LogP contribution is 2.64. The standard InChI is InChI=1S/C21H31BrO2/c1-20-9-3-4-17(20)16-6-5-14-12-15(24-19(23)13-22)7-11-21(14,2)18(16)8-10-20/h5,15-18H,3-4,6-13H2,1-2H3/t15-,16-,17-,18-,20-,21+/m1/s1. The summed E-state index contributed by atoms with van der Waals surface area (Å²) in [7, 11) is 0. The molecule has 0 amide bonds. The normalized spacial score (nSPS) is 47.2. The molecule has 0 radical (unpaired) electrons. The molecule has 2 nitrogen and oxygen atoms in total. The minimum absolute atomic E-state index is 0.103. The highest BCUT2D eigenvalue weighted by Gasteiger charge is 2.55. The van der Waals surface area contributed by atoms with Gasteiger partial charge in [-0.1, -0.05) is 47.8 Å². The summed E-state index contributed by atoms with van der Waals surface area (Å²) in [6.07, 6.45) is 14.4. The van der Waals surface area contributed by atoms with Gasteiger partial charge in [-0.25, -0.2) is 0 Å². The number of rotatable bonds is 2. The average molecular weight is 395 g/mol. The van der Waals surface area contributed by atoms with Gasteiger partial charge in [0.25, 0.3) is 0 Å². The zero-order valence-corrected chi connectivity index (χ0v) is 16.7. The number of ether oxygens (including phenoxy) is 1. The molecule has 0 spiro atoms. The van der Waals surface area contributed by atoms with Crippen LogP contribution in [0.3, 0.4) is 0 Å². The SMILES string of the molecule is C[C@]12CCC[C@@H]1[C@H]1CC=C3C[C@H](OC(=O)CBr)CC[C@]3(C)[C@@H]1CC2. The van der Waals surface area contributed by atoms with Crippen LogP contribution in [0, 0.1) is 28.6 Å². The van der Waals surface area contributed by atoms with Crippen molar-refractivity contribution in [1.29, 1.82) is 0 Å². The molecule has 24 heavy (non-hydrogen) atoms. The Morgan fingerprint density at radius 1 is 1.21 bits per heavy atom. The van der Waals surface area contributed by atoms with Crippen LogP contribution in [0.2, 0.25) is 0 Å². The Labute approximate surface area is 154 Å². The maximum atomic E-state index is 11.6. The second-order valence-electron chi connectivity index (χ2n) is 9.33. The van der Waals surface area contributed by atoms with Crippen LogP contribution in [0.15, 0.2) is 11.6 Å². The first-order chi connectivity index (χ1) is 11.5. The Morgan fingerprint density at radius 2 is 2.04 bits per heavy atom. The van der Waals surface area contributed by atoms with Crippen molar-refractivity contribution >= 4 is 21.9 Å². The predicted molar refractivity (Wildman–Crippen MR) is 100.0 cm³/mol. The van der Waals surface area contributed by atoms with E-state index in [1.807, 2.05) is 0 Å². The van der Waals surface area contributed by atoms with E-state index in [9.17, 15) is 4.79 Å². The summed E-state index contributed by atoms with van der Waals surface area (Å²) in [5.74, 6) is 2.61. The Morgan fingerprint density at radius 3 is 2.83 bits per heavy atom. The number of hydrogen-bond acceptors (Lipinski definition) is 2. The van der Waals surface area contributed by atoms with Gasteiger partial charge in [-0.2, -0.15) is 0 Å². The number of carbonyl (C=O) groups excluding carboxylic acids is 1. The second kappa shape index (κ2) is 6.14. The van der Waals surface area contributed by atoms with Crippen molar-refractivity contribution in [3.05, 3.63) is 11.6 Å². The minimum Gasteiger partial charge on any atom is -0.461 e. The Bertz CT molecular complexity index is 556. The van der Waals surface area contributed by atoms with Crippen molar-refractivity contribution in [3.63, 3.8) is 0 Å². The van der Waals surface area contributed by atoms with Crippen molar-refractivity contribution in [2.24, 2.45) is 28.6 Å². The fourth-order valence-corrected chi connectivity index (χ4v) is 7.07. The van der Waals surface area contributed by atoms with Gasteiger partial charge in [-0.05, 0) is 73.5 Å². The Balaban J connectivity index is 1.55. The van der Waals surface area contributed by atoms with Crippen LogP contribution in [0.25, 0.3) is 0 Å². The number of esters is 1. The highest BCUT2D eigenvalue weighted by molar-refractivity contribution is 9.09. The minimum atomic E-state index is -0.114. The summed E-state index contributed by atoms with van der Waals surface area (Å²) in [5, 5.41) is 0.310. The van der Waals surface area contributed by atoms with E-state index in [1.165, 1.54) is 44.9 Å². The van der Waals surface area contributed by atoms with Crippen LogP contribution in [0.5, 0.6) is 0 Å². The van der Waals surface area contributed by atoms with Crippen molar-refractivity contribution in [2.75, 3.05) is 5.33 Å². The summed E-state index contributed by atoms with van der Waals surface area (Å²) in [5.41, 5.74) is 2.60. The molecule has 0 N–H and O–H groups in total. The van der Waals surface area contributed by atoms with Gasteiger partial charge in [0.05, 0.1) is 0 Å². The molecule has 0 saturated heterocycles. The van der Waals surface area contributed by atoms with Gasteiger partial charge in [0.1, 0.15) is 11.4 Å². The molecule has 0 aromatic heterocycles. The van der Waals surface area contributed by atoms with Crippen LogP contribution < -0.4 is 0 Å². The predicted octanol–water partition coefficient (Wildman–Crippen LogP) is 5.65. The molecule has 0 heterocycles. The van der Waals surface area contributed by atoms with Gasteiger partial charge in [-0.3, -0.25) is 4.79 Å². The maximum absolute atomic E-state index is 11.6. The van der Waals surface area contributed by atoms with E-state index in [2.05, 4.69) is 35.9 Å². The van der Waals surface area contributed by atoms with E-state index in [-0.39, 0.29) is 12.1 Å². The van der Waals surface area contributed by atoms with Crippen molar-refractivity contribution < 1.29 is 9.53 Å².